The summed E-state index contributed by atoms with van der Waals surface area (Å²) in [5, 5.41) is 27.7. The van der Waals surface area contributed by atoms with Gasteiger partial charge in [-0.25, -0.2) is 0 Å². The number of nitrogens with zero attached hydrogens (tertiary/aromatic N) is 1. The van der Waals surface area contributed by atoms with Crippen LogP contribution in [-0.2, 0) is 20.9 Å². The third kappa shape index (κ3) is 6.72. The summed E-state index contributed by atoms with van der Waals surface area (Å²) in [5.74, 6) is -2.19. The van der Waals surface area contributed by atoms with Crippen LogP contribution in [0.4, 0.5) is 0 Å². The van der Waals surface area contributed by atoms with E-state index in [0.717, 1.165) is 11.1 Å². The van der Waals surface area contributed by atoms with Gasteiger partial charge in [-0.15, -0.1) is 0 Å². The van der Waals surface area contributed by atoms with Crippen LogP contribution in [0, 0.1) is 22.0 Å². The van der Waals surface area contributed by atoms with Gasteiger partial charge in [0.15, 0.2) is 0 Å². The Bertz CT molecular complexity index is 1050. The van der Waals surface area contributed by atoms with E-state index >= 15 is 0 Å². The zero-order valence-corrected chi connectivity index (χ0v) is 21.6. The van der Waals surface area contributed by atoms with E-state index in [1.54, 1.807) is 6.92 Å². The fourth-order valence-electron chi connectivity index (χ4n) is 5.23. The van der Waals surface area contributed by atoms with Gasteiger partial charge in [0.1, 0.15) is 11.6 Å². The van der Waals surface area contributed by atoms with Crippen LogP contribution in [0.2, 0.25) is 0 Å². The first kappa shape index (κ1) is 28.3. The quantitative estimate of drug-likeness (QED) is 0.211. The molecule has 0 radical (unpaired) electrons. The van der Waals surface area contributed by atoms with Crippen molar-refractivity contribution in [1.29, 1.82) is 0 Å². The molecule has 1 aliphatic rings. The summed E-state index contributed by atoms with van der Waals surface area (Å²) in [6, 6.07) is 16.9. The first-order valence-electron chi connectivity index (χ1n) is 12.8. The fourth-order valence-corrected chi connectivity index (χ4v) is 5.23. The van der Waals surface area contributed by atoms with Crippen LogP contribution >= 0.6 is 0 Å². The Labute approximate surface area is 217 Å². The van der Waals surface area contributed by atoms with Crippen molar-refractivity contribution in [2.45, 2.75) is 70.4 Å². The van der Waals surface area contributed by atoms with Crippen LogP contribution in [0.1, 0.15) is 57.2 Å². The topological polar surface area (TPSA) is 131 Å². The fraction of sp³-hybridized carbons (Fsp3) is 0.500. The van der Waals surface area contributed by atoms with Gasteiger partial charge in [-0.2, -0.15) is 0 Å². The lowest BCUT2D eigenvalue weighted by atomic mass is 9.74. The van der Waals surface area contributed by atoms with E-state index < -0.39 is 41.5 Å². The van der Waals surface area contributed by atoms with Crippen LogP contribution in [0.5, 0.6) is 0 Å². The van der Waals surface area contributed by atoms with Crippen LogP contribution < -0.4 is 10.6 Å². The Kier molecular flexibility index (Phi) is 9.77. The predicted molar refractivity (Wildman–Crippen MR) is 139 cm³/mol. The number of rotatable bonds is 13. The molecule has 0 aromatic heterocycles. The van der Waals surface area contributed by atoms with Gasteiger partial charge in [0.25, 0.3) is 0 Å². The van der Waals surface area contributed by atoms with Gasteiger partial charge in [0.05, 0.1) is 18.6 Å². The molecule has 3 rings (SSSR count). The second kappa shape index (κ2) is 12.8. The van der Waals surface area contributed by atoms with Crippen molar-refractivity contribution in [3.05, 3.63) is 81.9 Å². The van der Waals surface area contributed by atoms with Gasteiger partial charge in [0, 0.05) is 17.9 Å². The third-order valence-corrected chi connectivity index (χ3v) is 7.40. The highest BCUT2D eigenvalue weighted by atomic mass is 16.6. The third-order valence-electron chi connectivity index (χ3n) is 7.40. The lowest BCUT2D eigenvalue weighted by molar-refractivity contribution is -0.536. The second-order valence-corrected chi connectivity index (χ2v) is 9.94. The lowest BCUT2D eigenvalue weighted by Crippen LogP contribution is -2.60. The summed E-state index contributed by atoms with van der Waals surface area (Å²) in [6.45, 7) is 6.12. The number of aliphatic carboxylic acids is 1. The number of carboxylic acid groups (broad SMARTS) is 1. The molecule has 1 saturated heterocycles. The highest BCUT2D eigenvalue weighted by molar-refractivity contribution is 5.87. The largest absolute Gasteiger partial charge is 0.481 e. The molecule has 0 spiro atoms. The Hall–Kier alpha value is -3.30. The van der Waals surface area contributed by atoms with Crippen LogP contribution in [0.3, 0.4) is 0 Å². The molecule has 1 heterocycles. The molecule has 1 fully saturated rings. The van der Waals surface area contributed by atoms with Crippen LogP contribution in [0.25, 0.3) is 0 Å². The molecule has 3 N–H and O–H groups in total. The number of nitrogens with one attached hydrogen (secondary N) is 2. The molecule has 1 aliphatic heterocycles. The van der Waals surface area contributed by atoms with Gasteiger partial charge in [-0.3, -0.25) is 25.0 Å². The van der Waals surface area contributed by atoms with Gasteiger partial charge in [-0.05, 0) is 30.4 Å². The zero-order chi connectivity index (χ0) is 27.0. The summed E-state index contributed by atoms with van der Waals surface area (Å²) in [4.78, 5) is 36.9. The van der Waals surface area contributed by atoms with Crippen molar-refractivity contribution in [2.24, 2.45) is 11.8 Å². The number of carbonyl (C=O) groups excluding carboxylic acids is 1. The van der Waals surface area contributed by atoms with E-state index in [1.165, 1.54) is 0 Å². The van der Waals surface area contributed by atoms with E-state index in [2.05, 4.69) is 10.6 Å². The number of benzene rings is 2. The van der Waals surface area contributed by atoms with Crippen molar-refractivity contribution >= 4 is 11.9 Å². The lowest BCUT2D eigenvalue weighted by Gasteiger charge is -2.37. The number of hydrogen-bond donors (Lipinski definition) is 3. The van der Waals surface area contributed by atoms with Crippen molar-refractivity contribution in [3.63, 3.8) is 0 Å². The molecular weight excluding hydrogens is 474 g/mol. The maximum atomic E-state index is 13.7. The van der Waals surface area contributed by atoms with Crippen molar-refractivity contribution in [2.75, 3.05) is 6.54 Å². The van der Waals surface area contributed by atoms with E-state index in [9.17, 15) is 19.7 Å². The van der Waals surface area contributed by atoms with Crippen molar-refractivity contribution < 1.29 is 24.4 Å². The Morgan fingerprint density at radius 1 is 1.16 bits per heavy atom. The molecule has 9 nitrogen and oxygen atoms in total. The molecule has 9 heteroatoms. The Morgan fingerprint density at radius 2 is 1.78 bits per heavy atom. The highest BCUT2D eigenvalue weighted by Gasteiger charge is 2.64. The summed E-state index contributed by atoms with van der Waals surface area (Å²) in [5.41, 5.74) is 0.341. The summed E-state index contributed by atoms with van der Waals surface area (Å²) in [7, 11) is 0. The molecular formula is C28H37N3O6. The number of nitro groups is 1. The van der Waals surface area contributed by atoms with Gasteiger partial charge in [0.2, 0.25) is 11.9 Å². The summed E-state index contributed by atoms with van der Waals surface area (Å²) < 4.78 is 6.43. The molecule has 2 aromatic rings. The number of carboxylic acids is 1. The first-order valence-corrected chi connectivity index (χ1v) is 12.8. The minimum Gasteiger partial charge on any atom is -0.481 e. The van der Waals surface area contributed by atoms with Gasteiger partial charge < -0.3 is 15.2 Å². The Morgan fingerprint density at radius 3 is 2.35 bits per heavy atom. The maximum absolute atomic E-state index is 13.7. The molecule has 1 amide bonds. The monoisotopic (exact) mass is 511 g/mol. The van der Waals surface area contributed by atoms with E-state index in [4.69, 9.17) is 9.84 Å². The summed E-state index contributed by atoms with van der Waals surface area (Å²) in [6.07, 6.45) is 0.319. The molecule has 1 unspecified atom stereocenters. The van der Waals surface area contributed by atoms with Crippen molar-refractivity contribution in [3.8, 4) is 0 Å². The van der Waals surface area contributed by atoms with E-state index in [1.807, 2.05) is 74.5 Å². The zero-order valence-electron chi connectivity index (χ0n) is 21.6. The minimum absolute atomic E-state index is 0.0633. The average molecular weight is 512 g/mol. The maximum Gasteiger partial charge on any atom is 0.303 e. The van der Waals surface area contributed by atoms with Crippen LogP contribution in [-0.4, -0.2) is 46.1 Å². The summed E-state index contributed by atoms with van der Waals surface area (Å²) >= 11 is 0. The number of carbonyl (C=O) groups is 2. The van der Waals surface area contributed by atoms with E-state index in [-0.39, 0.29) is 36.8 Å². The van der Waals surface area contributed by atoms with E-state index in [0.29, 0.717) is 6.42 Å². The smallest absolute Gasteiger partial charge is 0.303 e. The predicted octanol–water partition coefficient (Wildman–Crippen LogP) is 3.96. The van der Waals surface area contributed by atoms with Gasteiger partial charge in [-0.1, -0.05) is 80.9 Å². The number of ether oxygens (including phenoxy) is 1. The molecule has 6 atom stereocenters. The van der Waals surface area contributed by atoms with Gasteiger partial charge >= 0.3 is 5.97 Å². The standard InChI is InChI=1S/C28H37N3O6/c1-4-19(2)26(37-18-20-12-7-5-8-13-20)23-25(31(35)36)24(21-14-9-6-10-15-21)30-28(23,3)27(34)29-17-11-16-22(32)33/h5-10,12-15,19,23-26,30H,4,11,16-18H2,1-3H3,(H,29,34)(H,32,33)/t19-,23+,24-,25-,26?,28+/m0/s1. The molecule has 2 aromatic carbocycles. The second-order valence-electron chi connectivity index (χ2n) is 9.94. The van der Waals surface area contributed by atoms with Crippen LogP contribution in [0.15, 0.2) is 60.7 Å². The molecule has 0 aliphatic carbocycles. The molecule has 0 saturated carbocycles. The molecule has 37 heavy (non-hydrogen) atoms. The van der Waals surface area contributed by atoms with Crippen molar-refractivity contribution in [1.82, 2.24) is 10.6 Å². The first-order chi connectivity index (χ1) is 17.7. The number of hydrogen-bond acceptors (Lipinski definition) is 6. The molecule has 200 valence electrons. The molecule has 0 bridgehead atoms. The average Bonchev–Trinajstić information content (AvgIpc) is 3.22. The minimum atomic E-state index is -1.33. The normalized spacial score (nSPS) is 24.8. The SMILES string of the molecule is CC[C@H](C)C(OCc1ccccc1)[C@H]1[C@H]([N+](=O)[O-])[C@H](c2ccccc2)N[C@@]1(C)C(=O)NCCCC(=O)O. The highest BCUT2D eigenvalue weighted by Crippen LogP contribution is 2.45. The number of amides is 1. The Balaban J connectivity index is 2.00.